The van der Waals surface area contributed by atoms with Gasteiger partial charge in [-0.05, 0) is 122 Å². The van der Waals surface area contributed by atoms with Gasteiger partial charge in [0, 0.05) is 69.0 Å². The molecule has 0 aromatic heterocycles. The third-order valence-corrected chi connectivity index (χ3v) is 11.3. The fourth-order valence-corrected chi connectivity index (χ4v) is 8.27. The van der Waals surface area contributed by atoms with Crippen LogP contribution in [0.4, 0.5) is 62.6 Å². The normalized spacial score (nSPS) is 13.1. The van der Waals surface area contributed by atoms with Crippen molar-refractivity contribution in [2.75, 3.05) is 33.8 Å². The van der Waals surface area contributed by atoms with E-state index in [2.05, 4.69) is 227 Å². The van der Waals surface area contributed by atoms with Crippen molar-refractivity contribution < 1.29 is 9.47 Å². The van der Waals surface area contributed by atoms with E-state index in [1.54, 1.807) is 14.2 Å². The number of hydrogen-bond acceptors (Lipinski definition) is 6. The number of anilines is 11. The SMILES string of the molecule is COc1cc(N(c2ccccc2)c2ccccc2)ccc1N(C1=CCC(C)C=C1)c1cccc(N(c2ccccc2)c2ccc(N(c3ccccc3)c3ccccc3)cc2OC)c1. The second-order valence-electron chi connectivity index (χ2n) is 15.5. The van der Waals surface area contributed by atoms with Gasteiger partial charge in [-0.2, -0.15) is 0 Å². The van der Waals surface area contributed by atoms with Crippen LogP contribution in [0.3, 0.4) is 0 Å². The zero-order chi connectivity index (χ0) is 43.0. The van der Waals surface area contributed by atoms with Gasteiger partial charge in [-0.15, -0.1) is 0 Å². The first-order chi connectivity index (χ1) is 31.1. The van der Waals surface area contributed by atoms with Crippen molar-refractivity contribution in [2.45, 2.75) is 13.3 Å². The van der Waals surface area contributed by atoms with Crippen LogP contribution in [0.25, 0.3) is 0 Å². The average Bonchev–Trinajstić information content (AvgIpc) is 3.35. The molecule has 0 radical (unpaired) electrons. The van der Waals surface area contributed by atoms with Gasteiger partial charge >= 0.3 is 0 Å². The van der Waals surface area contributed by atoms with Gasteiger partial charge in [0.1, 0.15) is 11.5 Å². The maximum Gasteiger partial charge on any atom is 0.144 e. The van der Waals surface area contributed by atoms with Crippen molar-refractivity contribution in [3.05, 3.63) is 236 Å². The van der Waals surface area contributed by atoms with E-state index in [0.29, 0.717) is 5.92 Å². The Hall–Kier alpha value is -7.96. The molecule has 1 aliphatic rings. The Kier molecular flexibility index (Phi) is 12.0. The highest BCUT2D eigenvalue weighted by Crippen LogP contribution is 2.48. The van der Waals surface area contributed by atoms with Gasteiger partial charge in [0.25, 0.3) is 0 Å². The number of methoxy groups -OCH3 is 2. The lowest BCUT2D eigenvalue weighted by Crippen LogP contribution is -2.19. The molecule has 63 heavy (non-hydrogen) atoms. The highest BCUT2D eigenvalue weighted by molar-refractivity contribution is 5.88. The van der Waals surface area contributed by atoms with Crippen molar-refractivity contribution in [1.29, 1.82) is 0 Å². The molecule has 0 N–H and O–H groups in total. The zero-order valence-electron chi connectivity index (χ0n) is 35.8. The van der Waals surface area contributed by atoms with Crippen molar-refractivity contribution in [1.82, 2.24) is 0 Å². The zero-order valence-corrected chi connectivity index (χ0v) is 35.8. The average molecular weight is 823 g/mol. The number of allylic oxidation sites excluding steroid dienone is 3. The third-order valence-electron chi connectivity index (χ3n) is 11.3. The van der Waals surface area contributed by atoms with Gasteiger partial charge in [-0.25, -0.2) is 0 Å². The quantitative estimate of drug-likeness (QED) is 0.109. The first kappa shape index (κ1) is 40.4. The Morgan fingerprint density at radius 1 is 0.365 bits per heavy atom. The lowest BCUT2D eigenvalue weighted by atomic mass is 10.00. The molecule has 0 fully saturated rings. The molecule has 1 atom stereocenters. The fourth-order valence-electron chi connectivity index (χ4n) is 8.27. The number of hydrogen-bond donors (Lipinski definition) is 0. The third kappa shape index (κ3) is 8.65. The molecule has 6 nitrogen and oxygen atoms in total. The second kappa shape index (κ2) is 18.8. The van der Waals surface area contributed by atoms with E-state index < -0.39 is 0 Å². The number of rotatable bonds is 14. The number of nitrogens with zero attached hydrogens (tertiary/aromatic N) is 4. The molecule has 0 saturated carbocycles. The first-order valence-corrected chi connectivity index (χ1v) is 21.4. The highest BCUT2D eigenvalue weighted by atomic mass is 16.5. The first-order valence-electron chi connectivity index (χ1n) is 21.4. The van der Waals surface area contributed by atoms with Crippen LogP contribution >= 0.6 is 0 Å². The predicted molar refractivity (Wildman–Crippen MR) is 263 cm³/mol. The van der Waals surface area contributed by atoms with Gasteiger partial charge in [0.05, 0.1) is 25.6 Å². The van der Waals surface area contributed by atoms with Gasteiger partial charge in [0.2, 0.25) is 0 Å². The molecule has 9 rings (SSSR count). The topological polar surface area (TPSA) is 31.4 Å². The van der Waals surface area contributed by atoms with Crippen molar-refractivity contribution in [3.63, 3.8) is 0 Å². The van der Waals surface area contributed by atoms with E-state index in [9.17, 15) is 0 Å². The van der Waals surface area contributed by atoms with Crippen molar-refractivity contribution in [3.8, 4) is 11.5 Å². The van der Waals surface area contributed by atoms with Crippen molar-refractivity contribution >= 4 is 62.6 Å². The standard InChI is InChI=1S/C57H50N4O2/c1-43-32-34-49(35-33-43)61(55-39-37-53(42-57(55)63-3)59(46-24-13-6-14-25-46)47-26-15-7-16-27-47)51-31-19-30-50(40-51)60(48-28-17-8-18-29-48)54-38-36-52(41-56(54)62-2)58(44-20-9-4-10-21-44)45-22-11-5-12-23-45/h4-32,34-43H,33H2,1-3H3. The molecular formula is C57H50N4O2. The molecule has 0 amide bonds. The van der Waals surface area contributed by atoms with E-state index in [-0.39, 0.29) is 0 Å². The maximum atomic E-state index is 6.31. The Morgan fingerprint density at radius 2 is 0.714 bits per heavy atom. The summed E-state index contributed by atoms with van der Waals surface area (Å²) in [5.41, 5.74) is 12.1. The van der Waals surface area contributed by atoms with Crippen LogP contribution in [0.1, 0.15) is 13.3 Å². The summed E-state index contributed by atoms with van der Waals surface area (Å²) in [5.74, 6) is 1.93. The highest BCUT2D eigenvalue weighted by Gasteiger charge is 2.25. The van der Waals surface area contributed by atoms with Gasteiger partial charge in [-0.3, -0.25) is 0 Å². The van der Waals surface area contributed by atoms with Gasteiger partial charge in [0.15, 0.2) is 0 Å². The Balaban J connectivity index is 1.16. The molecule has 0 bridgehead atoms. The molecular weight excluding hydrogens is 773 g/mol. The molecule has 8 aromatic carbocycles. The van der Waals surface area contributed by atoms with E-state index in [1.807, 2.05) is 30.3 Å². The number of ether oxygens (including phenoxy) is 2. The molecule has 310 valence electrons. The Labute approximate surface area is 371 Å². The Morgan fingerprint density at radius 3 is 1.10 bits per heavy atom. The molecule has 0 spiro atoms. The summed E-state index contributed by atoms with van der Waals surface area (Å²) >= 11 is 0. The largest absolute Gasteiger partial charge is 0.494 e. The van der Waals surface area contributed by atoms with Gasteiger partial charge < -0.3 is 29.1 Å². The summed E-state index contributed by atoms with van der Waals surface area (Å²) in [4.78, 5) is 9.09. The molecule has 1 unspecified atom stereocenters. The molecule has 0 saturated heterocycles. The summed E-state index contributed by atoms with van der Waals surface area (Å²) in [6.45, 7) is 2.25. The minimum Gasteiger partial charge on any atom is -0.494 e. The molecule has 8 aromatic rings. The monoisotopic (exact) mass is 822 g/mol. The van der Waals surface area contributed by atoms with Crippen LogP contribution in [-0.4, -0.2) is 14.2 Å². The minimum atomic E-state index is 0.445. The van der Waals surface area contributed by atoms with Crippen LogP contribution in [-0.2, 0) is 0 Å². The van der Waals surface area contributed by atoms with Crippen LogP contribution in [0.2, 0.25) is 0 Å². The molecule has 0 aliphatic heterocycles. The summed E-state index contributed by atoms with van der Waals surface area (Å²) in [6, 6.07) is 73.9. The minimum absolute atomic E-state index is 0.445. The summed E-state index contributed by atoms with van der Waals surface area (Å²) in [5, 5.41) is 0. The van der Waals surface area contributed by atoms with E-state index in [0.717, 1.165) is 86.2 Å². The number of benzene rings is 8. The van der Waals surface area contributed by atoms with Crippen LogP contribution in [0, 0.1) is 5.92 Å². The lowest BCUT2D eigenvalue weighted by molar-refractivity contribution is 0.416. The van der Waals surface area contributed by atoms with E-state index in [4.69, 9.17) is 9.47 Å². The van der Waals surface area contributed by atoms with E-state index in [1.165, 1.54) is 0 Å². The van der Waals surface area contributed by atoms with Gasteiger partial charge in [-0.1, -0.05) is 116 Å². The van der Waals surface area contributed by atoms with Crippen molar-refractivity contribution in [2.24, 2.45) is 5.92 Å². The Bertz CT molecular complexity index is 2740. The van der Waals surface area contributed by atoms with Crippen LogP contribution < -0.4 is 29.1 Å². The maximum absolute atomic E-state index is 6.31. The molecule has 0 heterocycles. The van der Waals surface area contributed by atoms with Crippen LogP contribution in [0.5, 0.6) is 11.5 Å². The summed E-state index contributed by atoms with van der Waals surface area (Å²) in [6.07, 6.45) is 7.78. The lowest BCUT2D eigenvalue weighted by Gasteiger charge is -2.33. The smallest absolute Gasteiger partial charge is 0.144 e. The number of para-hydroxylation sites is 5. The van der Waals surface area contributed by atoms with Crippen LogP contribution in [0.15, 0.2) is 236 Å². The fraction of sp³-hybridized carbons (Fsp3) is 0.0877. The molecule has 6 heteroatoms. The second-order valence-corrected chi connectivity index (χ2v) is 15.5. The molecule has 1 aliphatic carbocycles. The predicted octanol–water partition coefficient (Wildman–Crippen LogP) is 15.7. The van der Waals surface area contributed by atoms with E-state index >= 15 is 0 Å². The summed E-state index contributed by atoms with van der Waals surface area (Å²) < 4.78 is 12.6. The summed E-state index contributed by atoms with van der Waals surface area (Å²) in [7, 11) is 3.50.